The molecule has 0 saturated carbocycles. The molecule has 1 N–H and O–H groups in total. The number of hydrogen-bond donors (Lipinski definition) is 1. The van der Waals surface area contributed by atoms with Crippen molar-refractivity contribution in [3.8, 4) is 0 Å². The van der Waals surface area contributed by atoms with Crippen molar-refractivity contribution >= 4 is 21.6 Å². The van der Waals surface area contributed by atoms with Gasteiger partial charge in [-0.1, -0.05) is 13.0 Å². The predicted octanol–water partition coefficient (Wildman–Crippen LogP) is 0.836. The minimum atomic E-state index is -3.61. The molecule has 2 aliphatic rings. The number of anilines is 1. The fraction of sp³-hybridized carbons (Fsp3) is 0.650. The first-order valence-corrected chi connectivity index (χ1v) is 11.5. The van der Waals surface area contributed by atoms with Gasteiger partial charge in [-0.2, -0.15) is 4.31 Å². The summed E-state index contributed by atoms with van der Waals surface area (Å²) in [6.45, 7) is 7.49. The number of nitrogens with zero attached hydrogens (tertiary/aromatic N) is 3. The van der Waals surface area contributed by atoms with Crippen molar-refractivity contribution in [1.29, 1.82) is 0 Å². The van der Waals surface area contributed by atoms with Crippen LogP contribution in [0.5, 0.6) is 0 Å². The van der Waals surface area contributed by atoms with Gasteiger partial charge in [0.05, 0.1) is 24.7 Å². The summed E-state index contributed by atoms with van der Waals surface area (Å²) in [6, 6.07) is 5.49. The SMILES string of the molecule is Cc1ccc(NC(=O)CN2C[C@H](C)[C@@H](N(C)C)C2)cc1S(=O)(=O)N1CCOCC1. The Morgan fingerprint density at radius 2 is 1.93 bits per heavy atom. The number of hydrogen-bond acceptors (Lipinski definition) is 6. The van der Waals surface area contributed by atoms with Crippen LogP contribution in [-0.4, -0.2) is 94.5 Å². The molecule has 2 heterocycles. The first-order valence-electron chi connectivity index (χ1n) is 10.1. The maximum atomic E-state index is 13.0. The topological polar surface area (TPSA) is 82.2 Å². The standard InChI is InChI=1S/C20H32N4O4S/c1-15-5-6-17(11-19(15)29(26,27)24-7-9-28-10-8-24)21-20(25)14-23-12-16(2)18(13-23)22(3)4/h5-6,11,16,18H,7-10,12-14H2,1-4H3,(H,21,25)/t16-,18-/m0/s1. The Morgan fingerprint density at radius 3 is 2.55 bits per heavy atom. The van der Waals surface area contributed by atoms with E-state index in [2.05, 4.69) is 36.1 Å². The van der Waals surface area contributed by atoms with Crippen molar-refractivity contribution in [2.24, 2.45) is 5.92 Å². The number of likely N-dealkylation sites (N-methyl/N-ethyl adjacent to an activating group) is 1. The van der Waals surface area contributed by atoms with E-state index in [0.717, 1.165) is 13.1 Å². The molecule has 1 amide bonds. The van der Waals surface area contributed by atoms with E-state index in [1.807, 2.05) is 0 Å². The third-order valence-electron chi connectivity index (χ3n) is 5.74. The fourth-order valence-corrected chi connectivity index (χ4v) is 5.79. The Labute approximate surface area is 173 Å². The number of nitrogens with one attached hydrogen (secondary N) is 1. The average molecular weight is 425 g/mol. The van der Waals surface area contributed by atoms with E-state index in [9.17, 15) is 13.2 Å². The molecule has 2 saturated heterocycles. The molecule has 162 valence electrons. The molecule has 8 nitrogen and oxygen atoms in total. The average Bonchev–Trinajstić information content (AvgIpc) is 3.04. The lowest BCUT2D eigenvalue weighted by Crippen LogP contribution is -2.40. The second kappa shape index (κ2) is 9.09. The number of likely N-dealkylation sites (tertiary alicyclic amines) is 1. The van der Waals surface area contributed by atoms with Crippen molar-refractivity contribution in [2.45, 2.75) is 24.8 Å². The van der Waals surface area contributed by atoms with Crippen molar-refractivity contribution in [1.82, 2.24) is 14.1 Å². The fourth-order valence-electron chi connectivity index (χ4n) is 4.13. The zero-order valence-electron chi connectivity index (χ0n) is 17.7. The summed E-state index contributed by atoms with van der Waals surface area (Å²) in [4.78, 5) is 17.1. The lowest BCUT2D eigenvalue weighted by molar-refractivity contribution is -0.117. The van der Waals surface area contributed by atoms with Gasteiger partial charge >= 0.3 is 0 Å². The third kappa shape index (κ3) is 5.16. The van der Waals surface area contributed by atoms with Gasteiger partial charge in [0, 0.05) is 37.9 Å². The van der Waals surface area contributed by atoms with E-state index in [4.69, 9.17) is 4.74 Å². The highest BCUT2D eigenvalue weighted by Crippen LogP contribution is 2.25. The molecule has 0 aromatic heterocycles. The Morgan fingerprint density at radius 1 is 1.24 bits per heavy atom. The van der Waals surface area contributed by atoms with Crippen molar-refractivity contribution in [3.63, 3.8) is 0 Å². The summed E-state index contributed by atoms with van der Waals surface area (Å²) in [6.07, 6.45) is 0. The van der Waals surface area contributed by atoms with Crippen molar-refractivity contribution < 1.29 is 17.9 Å². The number of morpholine rings is 1. The molecule has 1 aromatic carbocycles. The highest BCUT2D eigenvalue weighted by Gasteiger charge is 2.32. The minimum absolute atomic E-state index is 0.129. The van der Waals surface area contributed by atoms with Crippen LogP contribution >= 0.6 is 0 Å². The van der Waals surface area contributed by atoms with Crippen LogP contribution in [0.2, 0.25) is 0 Å². The van der Waals surface area contributed by atoms with Crippen LogP contribution in [0.15, 0.2) is 23.1 Å². The Kier molecular flexibility index (Phi) is 6.95. The molecule has 29 heavy (non-hydrogen) atoms. The van der Waals surface area contributed by atoms with Crippen molar-refractivity contribution in [2.75, 3.05) is 65.3 Å². The number of carbonyl (C=O) groups excluding carboxylic acids is 1. The van der Waals surface area contributed by atoms with Crippen molar-refractivity contribution in [3.05, 3.63) is 23.8 Å². The molecule has 0 unspecified atom stereocenters. The van der Waals surface area contributed by atoms with Gasteiger partial charge in [-0.05, 0) is 44.6 Å². The van der Waals surface area contributed by atoms with Crippen LogP contribution in [-0.2, 0) is 19.6 Å². The largest absolute Gasteiger partial charge is 0.379 e. The number of amides is 1. The number of ether oxygens (including phenoxy) is 1. The van der Waals surface area contributed by atoms with E-state index in [1.54, 1.807) is 25.1 Å². The van der Waals surface area contributed by atoms with Gasteiger partial charge in [0.1, 0.15) is 0 Å². The first-order chi connectivity index (χ1) is 13.7. The number of aryl methyl sites for hydroxylation is 1. The predicted molar refractivity (Wildman–Crippen MR) is 112 cm³/mol. The molecule has 2 fully saturated rings. The van der Waals surface area contributed by atoms with Gasteiger partial charge in [-0.25, -0.2) is 8.42 Å². The highest BCUT2D eigenvalue weighted by molar-refractivity contribution is 7.89. The molecule has 2 atom stereocenters. The van der Waals surface area contributed by atoms with Gasteiger partial charge in [0.25, 0.3) is 0 Å². The van der Waals surface area contributed by atoms with E-state index in [0.29, 0.717) is 56.1 Å². The molecule has 3 rings (SSSR count). The van der Waals surface area contributed by atoms with Crippen LogP contribution in [0.25, 0.3) is 0 Å². The maximum absolute atomic E-state index is 13.0. The Balaban J connectivity index is 1.67. The van der Waals surface area contributed by atoms with Crippen LogP contribution in [0, 0.1) is 12.8 Å². The quantitative estimate of drug-likeness (QED) is 0.729. The van der Waals surface area contributed by atoms with Gasteiger partial charge < -0.3 is 15.0 Å². The molecule has 0 spiro atoms. The molecule has 9 heteroatoms. The summed E-state index contributed by atoms with van der Waals surface area (Å²) >= 11 is 0. The van der Waals surface area contributed by atoms with Gasteiger partial charge in [-0.3, -0.25) is 9.69 Å². The monoisotopic (exact) mass is 424 g/mol. The lowest BCUT2D eigenvalue weighted by atomic mass is 10.1. The van der Waals surface area contributed by atoms with E-state index < -0.39 is 10.0 Å². The van der Waals surface area contributed by atoms with E-state index in [1.165, 1.54) is 4.31 Å². The summed E-state index contributed by atoms with van der Waals surface area (Å²) in [7, 11) is 0.515. The number of rotatable bonds is 6. The Bertz CT molecular complexity index is 837. The van der Waals surface area contributed by atoms with E-state index in [-0.39, 0.29) is 10.8 Å². The van der Waals surface area contributed by atoms with Crippen LogP contribution < -0.4 is 5.32 Å². The smallest absolute Gasteiger partial charge is 0.243 e. The maximum Gasteiger partial charge on any atom is 0.243 e. The second-order valence-corrected chi connectivity index (χ2v) is 10.2. The second-order valence-electron chi connectivity index (χ2n) is 8.25. The summed E-state index contributed by atoms with van der Waals surface area (Å²) in [5, 5.41) is 2.87. The summed E-state index contributed by atoms with van der Waals surface area (Å²) in [5.41, 5.74) is 1.17. The summed E-state index contributed by atoms with van der Waals surface area (Å²) < 4.78 is 32.7. The molecule has 2 aliphatic heterocycles. The molecule has 0 aliphatic carbocycles. The molecule has 1 aromatic rings. The molecule has 0 bridgehead atoms. The lowest BCUT2D eigenvalue weighted by Gasteiger charge is -2.27. The van der Waals surface area contributed by atoms with Gasteiger partial charge in [0.2, 0.25) is 15.9 Å². The molecular weight excluding hydrogens is 392 g/mol. The van der Waals surface area contributed by atoms with Crippen LogP contribution in [0.4, 0.5) is 5.69 Å². The first kappa shape index (κ1) is 22.2. The van der Waals surface area contributed by atoms with E-state index >= 15 is 0 Å². The minimum Gasteiger partial charge on any atom is -0.379 e. The summed E-state index contributed by atoms with van der Waals surface area (Å²) in [5.74, 6) is 0.373. The zero-order chi connectivity index (χ0) is 21.2. The normalized spacial score (nSPS) is 24.2. The number of sulfonamides is 1. The number of carbonyl (C=O) groups is 1. The van der Waals surface area contributed by atoms with Crippen LogP contribution in [0.3, 0.4) is 0 Å². The number of benzene rings is 1. The van der Waals surface area contributed by atoms with Gasteiger partial charge in [0.15, 0.2) is 0 Å². The molecular formula is C20H32N4O4S. The third-order valence-corrected chi connectivity index (χ3v) is 7.78. The Hall–Kier alpha value is -1.52. The molecule has 0 radical (unpaired) electrons. The highest BCUT2D eigenvalue weighted by atomic mass is 32.2. The van der Waals surface area contributed by atoms with Crippen LogP contribution in [0.1, 0.15) is 12.5 Å². The van der Waals surface area contributed by atoms with Gasteiger partial charge in [-0.15, -0.1) is 0 Å². The zero-order valence-corrected chi connectivity index (χ0v) is 18.5.